The van der Waals surface area contributed by atoms with Crippen LogP contribution in [-0.2, 0) is 7.05 Å². The van der Waals surface area contributed by atoms with Gasteiger partial charge in [0.2, 0.25) is 5.52 Å². The minimum atomic E-state index is 1.19. The number of hydrogen-bond acceptors (Lipinski definition) is 2. The van der Waals surface area contributed by atoms with Crippen LogP contribution in [0.4, 0.5) is 11.4 Å². The van der Waals surface area contributed by atoms with Gasteiger partial charge in [-0.1, -0.05) is 54.6 Å². The molecule has 0 bridgehead atoms. The quantitative estimate of drug-likeness (QED) is 0.275. The zero-order valence-electron chi connectivity index (χ0n) is 20.2. The highest BCUT2D eigenvalue weighted by Crippen LogP contribution is 2.27. The lowest BCUT2D eigenvalue weighted by atomic mass is 9.96. The fourth-order valence-electron chi connectivity index (χ4n) is 4.02. The van der Waals surface area contributed by atoms with E-state index in [9.17, 15) is 0 Å². The van der Waals surface area contributed by atoms with Gasteiger partial charge in [-0.2, -0.15) is 0 Å². The van der Waals surface area contributed by atoms with E-state index in [0.29, 0.717) is 0 Å². The second-order valence-electron chi connectivity index (χ2n) is 8.72. The topological polar surface area (TPSA) is 10.4 Å². The van der Waals surface area contributed by atoms with E-state index in [-0.39, 0.29) is 0 Å². The van der Waals surface area contributed by atoms with Crippen molar-refractivity contribution in [3.63, 3.8) is 0 Å². The Morgan fingerprint density at radius 3 is 1.79 bits per heavy atom. The molecule has 0 unspecified atom stereocenters. The van der Waals surface area contributed by atoms with Gasteiger partial charge < -0.3 is 9.80 Å². The predicted octanol–water partition coefficient (Wildman–Crippen LogP) is 5.94. The number of anilines is 2. The van der Waals surface area contributed by atoms with Crippen molar-refractivity contribution in [1.29, 1.82) is 0 Å². The summed E-state index contributed by atoms with van der Waals surface area (Å²) in [4.78, 5) is 4.25. The summed E-state index contributed by atoms with van der Waals surface area (Å²) in [6.45, 7) is 0. The van der Waals surface area contributed by atoms with Gasteiger partial charge in [-0.05, 0) is 52.6 Å². The second-order valence-corrected chi connectivity index (χ2v) is 8.72. The summed E-state index contributed by atoms with van der Waals surface area (Å²) in [5.41, 5.74) is 8.43. The lowest BCUT2D eigenvalue weighted by Gasteiger charge is -2.16. The third kappa shape index (κ3) is 4.98. The lowest BCUT2D eigenvalue weighted by molar-refractivity contribution is -0.644. The van der Waals surface area contributed by atoms with Crippen LogP contribution in [0.3, 0.4) is 0 Å². The molecule has 0 saturated carbocycles. The number of para-hydroxylation sites is 1. The first kappa shape index (κ1) is 22.3. The second kappa shape index (κ2) is 9.74. The van der Waals surface area contributed by atoms with Crippen LogP contribution in [0.15, 0.2) is 97.2 Å². The van der Waals surface area contributed by atoms with E-state index in [1.165, 1.54) is 44.5 Å². The number of rotatable bonds is 6. The number of nitrogens with zero attached hydrogens (tertiary/aromatic N) is 3. The molecule has 0 fully saturated rings. The van der Waals surface area contributed by atoms with Gasteiger partial charge in [0.1, 0.15) is 7.05 Å². The molecule has 0 atom stereocenters. The van der Waals surface area contributed by atoms with Gasteiger partial charge in [0.05, 0.1) is 5.39 Å². The molecule has 4 aromatic rings. The van der Waals surface area contributed by atoms with Crippen molar-refractivity contribution in [2.75, 3.05) is 38.0 Å². The number of hydrogen-bond donors (Lipinski definition) is 0. The van der Waals surface area contributed by atoms with Crippen molar-refractivity contribution < 1.29 is 4.57 Å². The minimum absolute atomic E-state index is 1.19. The van der Waals surface area contributed by atoms with Crippen LogP contribution >= 0.6 is 0 Å². The van der Waals surface area contributed by atoms with Gasteiger partial charge in [-0.15, -0.1) is 0 Å². The molecule has 0 N–H and O–H groups in total. The molecule has 33 heavy (non-hydrogen) atoms. The molecular weight excluding hydrogens is 402 g/mol. The smallest absolute Gasteiger partial charge is 0.212 e. The SMILES string of the molecule is CN(C)c1ccc(C(=CC=Cc2cc[n+](C)c3ccccc23)c2ccc(N(C)C)cc2)cc1. The van der Waals surface area contributed by atoms with E-state index in [2.05, 4.69) is 153 Å². The Labute approximate surface area is 197 Å². The van der Waals surface area contributed by atoms with Crippen molar-refractivity contribution in [1.82, 2.24) is 0 Å². The average molecular weight is 435 g/mol. The van der Waals surface area contributed by atoms with Crippen LogP contribution in [0.1, 0.15) is 16.7 Å². The summed E-state index contributed by atoms with van der Waals surface area (Å²) in [5, 5.41) is 1.25. The van der Waals surface area contributed by atoms with E-state index in [0.717, 1.165) is 0 Å². The molecular formula is C30H32N3+. The number of fused-ring (bicyclic) bond motifs is 1. The Hall–Kier alpha value is -3.85. The van der Waals surface area contributed by atoms with E-state index in [1.807, 2.05) is 0 Å². The van der Waals surface area contributed by atoms with E-state index >= 15 is 0 Å². The third-order valence-electron chi connectivity index (χ3n) is 6.00. The van der Waals surface area contributed by atoms with Crippen molar-refractivity contribution in [3.05, 3.63) is 114 Å². The molecule has 3 aromatic carbocycles. The number of pyridine rings is 1. The van der Waals surface area contributed by atoms with E-state index in [1.54, 1.807) is 0 Å². The maximum atomic E-state index is 2.22. The predicted molar refractivity (Wildman–Crippen MR) is 143 cm³/mol. The summed E-state index contributed by atoms with van der Waals surface area (Å²) >= 11 is 0. The number of benzene rings is 3. The van der Waals surface area contributed by atoms with Gasteiger partial charge >= 0.3 is 0 Å². The van der Waals surface area contributed by atoms with Crippen LogP contribution in [0.2, 0.25) is 0 Å². The van der Waals surface area contributed by atoms with Gasteiger partial charge in [-0.3, -0.25) is 0 Å². The van der Waals surface area contributed by atoms with Crippen LogP contribution < -0.4 is 14.4 Å². The Morgan fingerprint density at radius 1 is 0.697 bits per heavy atom. The Bertz CT molecular complexity index is 1240. The molecule has 3 nitrogen and oxygen atoms in total. The number of aromatic nitrogens is 1. The molecule has 0 aliphatic rings. The normalized spacial score (nSPS) is 11.1. The van der Waals surface area contributed by atoms with Crippen molar-refractivity contribution in [2.24, 2.45) is 7.05 Å². The maximum absolute atomic E-state index is 2.22. The zero-order valence-corrected chi connectivity index (χ0v) is 20.2. The molecule has 0 spiro atoms. The summed E-state index contributed by atoms with van der Waals surface area (Å²) < 4.78 is 2.16. The number of aryl methyl sites for hydroxylation is 1. The Balaban J connectivity index is 1.75. The summed E-state index contributed by atoms with van der Waals surface area (Å²) in [5.74, 6) is 0. The molecule has 0 aliphatic carbocycles. The van der Waals surface area contributed by atoms with Gasteiger partial charge in [0.25, 0.3) is 0 Å². The molecule has 0 saturated heterocycles. The van der Waals surface area contributed by atoms with Crippen LogP contribution in [0.5, 0.6) is 0 Å². The summed E-state index contributed by atoms with van der Waals surface area (Å²) in [6.07, 6.45) is 8.70. The molecule has 3 heteroatoms. The molecule has 1 aromatic heterocycles. The standard InChI is InChI=1S/C30H32N3/c1-31(2)26-17-13-24(14-18-26)28(25-15-19-27(20-16-25)32(3)4)11-8-9-23-21-22-33(5)30-12-7-6-10-29(23)30/h6-22H,1-5H3/q+1. The first-order valence-corrected chi connectivity index (χ1v) is 11.3. The third-order valence-corrected chi connectivity index (χ3v) is 6.00. The number of allylic oxidation sites excluding steroid dienone is 2. The first-order chi connectivity index (χ1) is 15.9. The minimum Gasteiger partial charge on any atom is -0.378 e. The molecule has 0 aliphatic heterocycles. The maximum Gasteiger partial charge on any atom is 0.212 e. The highest BCUT2D eigenvalue weighted by atomic mass is 15.1. The highest BCUT2D eigenvalue weighted by molar-refractivity contribution is 5.87. The monoisotopic (exact) mass is 434 g/mol. The molecule has 0 radical (unpaired) electrons. The summed E-state index contributed by atoms with van der Waals surface area (Å²) in [6, 6.07) is 28.2. The van der Waals surface area contributed by atoms with Crippen LogP contribution in [-0.4, -0.2) is 28.2 Å². The zero-order chi connectivity index (χ0) is 23.4. The molecule has 0 amide bonds. The average Bonchev–Trinajstić information content (AvgIpc) is 2.83. The van der Waals surface area contributed by atoms with E-state index in [4.69, 9.17) is 0 Å². The first-order valence-electron chi connectivity index (χ1n) is 11.3. The largest absolute Gasteiger partial charge is 0.378 e. The summed E-state index contributed by atoms with van der Waals surface area (Å²) in [7, 11) is 10.4. The van der Waals surface area contributed by atoms with Crippen molar-refractivity contribution >= 4 is 33.9 Å². The highest BCUT2D eigenvalue weighted by Gasteiger charge is 2.08. The Kier molecular flexibility index (Phi) is 6.60. The fraction of sp³-hybridized carbons (Fsp3) is 0.167. The lowest BCUT2D eigenvalue weighted by Crippen LogP contribution is -2.28. The molecule has 1 heterocycles. The molecule has 166 valence electrons. The fourth-order valence-corrected chi connectivity index (χ4v) is 4.02. The van der Waals surface area contributed by atoms with Crippen LogP contribution in [0, 0.1) is 0 Å². The van der Waals surface area contributed by atoms with Crippen LogP contribution in [0.25, 0.3) is 22.6 Å². The van der Waals surface area contributed by atoms with Gasteiger partial charge in [-0.25, -0.2) is 4.57 Å². The van der Waals surface area contributed by atoms with E-state index < -0.39 is 0 Å². The van der Waals surface area contributed by atoms with Gasteiger partial charge in [0, 0.05) is 51.7 Å². The van der Waals surface area contributed by atoms with Crippen molar-refractivity contribution in [2.45, 2.75) is 0 Å². The van der Waals surface area contributed by atoms with Gasteiger partial charge in [0.15, 0.2) is 6.20 Å². The molecule has 4 rings (SSSR count). The van der Waals surface area contributed by atoms with Crippen molar-refractivity contribution in [3.8, 4) is 0 Å². The Morgan fingerprint density at radius 2 is 1.24 bits per heavy atom.